The molecule has 0 atom stereocenters. The number of nitrogens with one attached hydrogen (secondary N) is 1. The van der Waals surface area contributed by atoms with Crippen LogP contribution in [-0.2, 0) is 4.79 Å². The fourth-order valence-electron chi connectivity index (χ4n) is 3.36. The lowest BCUT2D eigenvalue weighted by molar-refractivity contribution is -0.137. The minimum Gasteiger partial charge on any atom is -0.343 e. The van der Waals surface area contributed by atoms with Crippen LogP contribution >= 0.6 is 0 Å². The standard InChI is InChI=1S/C15H28N2O/c1-17(14-7-5-3-2-4-6-8-14)15(18)13-9-11-16-12-10-13/h13-14,16H,2-12H2,1H3. The lowest BCUT2D eigenvalue weighted by Gasteiger charge is -2.33. The lowest BCUT2D eigenvalue weighted by Crippen LogP contribution is -2.44. The second-order valence-corrected chi connectivity index (χ2v) is 5.97. The van der Waals surface area contributed by atoms with Gasteiger partial charge in [0.15, 0.2) is 0 Å². The molecule has 0 unspecified atom stereocenters. The Morgan fingerprint density at radius 3 is 2.11 bits per heavy atom. The van der Waals surface area contributed by atoms with E-state index in [2.05, 4.69) is 10.2 Å². The zero-order chi connectivity index (χ0) is 12.8. The summed E-state index contributed by atoms with van der Waals surface area (Å²) in [7, 11) is 2.04. The number of nitrogens with zero attached hydrogens (tertiary/aromatic N) is 1. The first-order chi connectivity index (χ1) is 8.79. The maximum atomic E-state index is 12.5. The lowest BCUT2D eigenvalue weighted by atomic mass is 9.92. The molecule has 2 rings (SSSR count). The molecule has 1 aliphatic carbocycles. The number of carbonyl (C=O) groups is 1. The van der Waals surface area contributed by atoms with Crippen molar-refractivity contribution in [1.29, 1.82) is 0 Å². The van der Waals surface area contributed by atoms with Crippen LogP contribution in [0.3, 0.4) is 0 Å². The number of carbonyl (C=O) groups excluding carboxylic acids is 1. The monoisotopic (exact) mass is 252 g/mol. The van der Waals surface area contributed by atoms with E-state index in [0.717, 1.165) is 25.9 Å². The van der Waals surface area contributed by atoms with Gasteiger partial charge in [-0.05, 0) is 38.8 Å². The highest BCUT2D eigenvalue weighted by Gasteiger charge is 2.27. The first-order valence-corrected chi connectivity index (χ1v) is 7.76. The van der Waals surface area contributed by atoms with Gasteiger partial charge in [0.05, 0.1) is 0 Å². The molecule has 0 radical (unpaired) electrons. The number of amides is 1. The molecular weight excluding hydrogens is 224 g/mol. The van der Waals surface area contributed by atoms with Crippen molar-refractivity contribution in [2.24, 2.45) is 5.92 Å². The SMILES string of the molecule is CN(C(=O)C1CCNCC1)C1CCCCCCC1. The molecule has 1 N–H and O–H groups in total. The smallest absolute Gasteiger partial charge is 0.225 e. The molecule has 1 saturated carbocycles. The van der Waals surface area contributed by atoms with Crippen molar-refractivity contribution in [3.05, 3.63) is 0 Å². The van der Waals surface area contributed by atoms with E-state index in [-0.39, 0.29) is 5.92 Å². The Labute approximate surface area is 111 Å². The predicted molar refractivity (Wildman–Crippen MR) is 74.5 cm³/mol. The van der Waals surface area contributed by atoms with Crippen LogP contribution in [-0.4, -0.2) is 37.0 Å². The van der Waals surface area contributed by atoms with Crippen molar-refractivity contribution < 1.29 is 4.79 Å². The van der Waals surface area contributed by atoms with E-state index in [9.17, 15) is 4.79 Å². The summed E-state index contributed by atoms with van der Waals surface area (Å²) in [6, 6.07) is 0.507. The molecule has 0 spiro atoms. The number of piperidine rings is 1. The van der Waals surface area contributed by atoms with Gasteiger partial charge >= 0.3 is 0 Å². The van der Waals surface area contributed by atoms with Gasteiger partial charge in [0.25, 0.3) is 0 Å². The maximum Gasteiger partial charge on any atom is 0.225 e. The van der Waals surface area contributed by atoms with Crippen molar-refractivity contribution in [2.45, 2.75) is 63.8 Å². The summed E-state index contributed by atoms with van der Waals surface area (Å²) in [5.74, 6) is 0.684. The molecular formula is C15H28N2O. The quantitative estimate of drug-likeness (QED) is 0.819. The van der Waals surface area contributed by atoms with Crippen molar-refractivity contribution in [3.8, 4) is 0 Å². The minimum absolute atomic E-state index is 0.279. The van der Waals surface area contributed by atoms with Crippen LogP contribution in [0.2, 0.25) is 0 Å². The molecule has 0 aromatic carbocycles. The van der Waals surface area contributed by atoms with E-state index < -0.39 is 0 Å². The fourth-order valence-corrected chi connectivity index (χ4v) is 3.36. The van der Waals surface area contributed by atoms with Crippen LogP contribution in [0, 0.1) is 5.92 Å². The third-order valence-corrected chi connectivity index (χ3v) is 4.66. The van der Waals surface area contributed by atoms with E-state index in [4.69, 9.17) is 0 Å². The molecule has 1 saturated heterocycles. The van der Waals surface area contributed by atoms with Crippen LogP contribution in [0.5, 0.6) is 0 Å². The first-order valence-electron chi connectivity index (χ1n) is 7.76. The molecule has 3 nitrogen and oxygen atoms in total. The molecule has 0 aromatic rings. The van der Waals surface area contributed by atoms with Crippen LogP contribution in [0.15, 0.2) is 0 Å². The topological polar surface area (TPSA) is 32.3 Å². The molecule has 104 valence electrons. The Bertz CT molecular complexity index is 253. The van der Waals surface area contributed by atoms with E-state index in [1.807, 2.05) is 7.05 Å². The summed E-state index contributed by atoms with van der Waals surface area (Å²) in [6.07, 6.45) is 11.2. The molecule has 0 bridgehead atoms. The van der Waals surface area contributed by atoms with Crippen molar-refractivity contribution in [3.63, 3.8) is 0 Å². The van der Waals surface area contributed by atoms with Gasteiger partial charge < -0.3 is 10.2 Å². The highest BCUT2D eigenvalue weighted by Crippen LogP contribution is 2.23. The third kappa shape index (κ3) is 3.71. The van der Waals surface area contributed by atoms with Gasteiger partial charge in [0.1, 0.15) is 0 Å². The summed E-state index contributed by atoms with van der Waals surface area (Å²) >= 11 is 0. The molecule has 0 aromatic heterocycles. The molecule has 2 aliphatic rings. The van der Waals surface area contributed by atoms with Gasteiger partial charge in [0, 0.05) is 19.0 Å². The van der Waals surface area contributed by atoms with Crippen molar-refractivity contribution >= 4 is 5.91 Å². The Kier molecular flexibility index (Phi) is 5.48. The number of rotatable bonds is 2. The van der Waals surface area contributed by atoms with Gasteiger partial charge in [-0.3, -0.25) is 4.79 Å². The van der Waals surface area contributed by atoms with Gasteiger partial charge in [0.2, 0.25) is 5.91 Å². The summed E-state index contributed by atoms with van der Waals surface area (Å²) in [5.41, 5.74) is 0. The second kappa shape index (κ2) is 7.13. The zero-order valence-electron chi connectivity index (χ0n) is 11.8. The Balaban J connectivity index is 1.86. The Morgan fingerprint density at radius 1 is 0.944 bits per heavy atom. The molecule has 1 heterocycles. The minimum atomic E-state index is 0.279. The van der Waals surface area contributed by atoms with E-state index >= 15 is 0 Å². The average Bonchev–Trinajstić information content (AvgIpc) is 2.38. The van der Waals surface area contributed by atoms with Gasteiger partial charge in [-0.15, -0.1) is 0 Å². The number of hydrogen-bond acceptors (Lipinski definition) is 2. The van der Waals surface area contributed by atoms with Crippen LogP contribution in [0.4, 0.5) is 0 Å². The highest BCUT2D eigenvalue weighted by atomic mass is 16.2. The largest absolute Gasteiger partial charge is 0.343 e. The Morgan fingerprint density at radius 2 is 1.50 bits per heavy atom. The highest BCUT2D eigenvalue weighted by molar-refractivity contribution is 5.79. The van der Waals surface area contributed by atoms with E-state index in [1.54, 1.807) is 0 Å². The van der Waals surface area contributed by atoms with Crippen LogP contribution < -0.4 is 5.32 Å². The van der Waals surface area contributed by atoms with Gasteiger partial charge in [-0.1, -0.05) is 32.1 Å². The van der Waals surface area contributed by atoms with E-state index in [0.29, 0.717) is 11.9 Å². The summed E-state index contributed by atoms with van der Waals surface area (Å²) in [6.45, 7) is 2.02. The molecule has 1 aliphatic heterocycles. The number of hydrogen-bond donors (Lipinski definition) is 1. The van der Waals surface area contributed by atoms with Gasteiger partial charge in [-0.25, -0.2) is 0 Å². The molecule has 2 fully saturated rings. The second-order valence-electron chi connectivity index (χ2n) is 5.97. The summed E-state index contributed by atoms with van der Waals surface area (Å²) in [5, 5.41) is 3.34. The van der Waals surface area contributed by atoms with Crippen LogP contribution in [0.25, 0.3) is 0 Å². The predicted octanol–water partition coefficient (Wildman–Crippen LogP) is 2.56. The van der Waals surface area contributed by atoms with Crippen molar-refractivity contribution in [2.75, 3.05) is 20.1 Å². The van der Waals surface area contributed by atoms with Gasteiger partial charge in [-0.2, -0.15) is 0 Å². The molecule has 18 heavy (non-hydrogen) atoms. The van der Waals surface area contributed by atoms with Crippen LogP contribution in [0.1, 0.15) is 57.8 Å². The summed E-state index contributed by atoms with van der Waals surface area (Å²) in [4.78, 5) is 14.6. The first kappa shape index (κ1) is 13.9. The average molecular weight is 252 g/mol. The normalized spacial score (nSPS) is 24.3. The van der Waals surface area contributed by atoms with E-state index in [1.165, 1.54) is 44.9 Å². The Hall–Kier alpha value is -0.570. The third-order valence-electron chi connectivity index (χ3n) is 4.66. The zero-order valence-corrected chi connectivity index (χ0v) is 11.8. The fraction of sp³-hybridized carbons (Fsp3) is 0.933. The molecule has 1 amide bonds. The molecule has 3 heteroatoms. The maximum absolute atomic E-state index is 12.5. The summed E-state index contributed by atoms with van der Waals surface area (Å²) < 4.78 is 0. The van der Waals surface area contributed by atoms with Crippen molar-refractivity contribution in [1.82, 2.24) is 10.2 Å².